The Morgan fingerprint density at radius 2 is 0.597 bits per heavy atom. The molecule has 3 heterocycles. The number of benzene rings is 10. The predicted octanol–water partition coefficient (Wildman–Crippen LogP) is 9.31. The summed E-state index contributed by atoms with van der Waals surface area (Å²) in [7, 11) is -5.77. The van der Waals surface area contributed by atoms with E-state index in [0.29, 0.717) is 5.95 Å². The van der Waals surface area contributed by atoms with Crippen LogP contribution < -0.4 is 41.5 Å². The number of rotatable bonds is 11. The Balaban J connectivity index is 1.09. The third kappa shape index (κ3) is 7.01. The summed E-state index contributed by atoms with van der Waals surface area (Å²) in [5.74, 6) is 1.31. The molecule has 0 saturated heterocycles. The van der Waals surface area contributed by atoms with Gasteiger partial charge in [0.15, 0.2) is 16.1 Å². The van der Waals surface area contributed by atoms with Gasteiger partial charge in [-0.25, -0.2) is 19.5 Å². The SMILES string of the molecule is c1ccc([Si](c2ccccc2)(c2ccccc2)c2cccc(-c3cc(-c4cccc([Si](c5ccccc5)(c5ccccc5)c5ccccc5)c4)nc(-n4c5ccccc5n5c6ccccc6nc45)n3)c2)cc1. The van der Waals surface area contributed by atoms with Crippen LogP contribution in [0.3, 0.4) is 0 Å². The highest BCUT2D eigenvalue weighted by Gasteiger charge is 2.43. The molecular formula is C65H47N5Si2. The average molecular weight is 954 g/mol. The van der Waals surface area contributed by atoms with Crippen molar-refractivity contribution in [3.8, 4) is 28.5 Å². The second-order valence-corrected chi connectivity index (χ2v) is 26.0. The Labute approximate surface area is 420 Å². The van der Waals surface area contributed by atoms with E-state index in [4.69, 9.17) is 15.0 Å². The third-order valence-electron chi connectivity index (χ3n) is 14.4. The quantitative estimate of drug-likeness (QED) is 0.0961. The molecule has 0 fully saturated rings. The van der Waals surface area contributed by atoms with Crippen molar-refractivity contribution in [1.29, 1.82) is 0 Å². The summed E-state index contributed by atoms with van der Waals surface area (Å²) >= 11 is 0. The summed E-state index contributed by atoms with van der Waals surface area (Å²) in [5, 5.41) is 10.4. The van der Waals surface area contributed by atoms with E-state index in [1.807, 2.05) is 6.07 Å². The molecule has 7 heteroatoms. The maximum Gasteiger partial charge on any atom is 0.238 e. The fourth-order valence-corrected chi connectivity index (χ4v) is 20.9. The van der Waals surface area contributed by atoms with E-state index in [-0.39, 0.29) is 0 Å². The molecule has 10 aromatic carbocycles. The molecule has 3 aromatic heterocycles. The molecule has 0 spiro atoms. The van der Waals surface area contributed by atoms with Gasteiger partial charge in [0.2, 0.25) is 11.7 Å². The van der Waals surface area contributed by atoms with Gasteiger partial charge < -0.3 is 0 Å². The van der Waals surface area contributed by atoms with Crippen molar-refractivity contribution in [2.24, 2.45) is 0 Å². The number of nitrogens with zero attached hydrogens (tertiary/aromatic N) is 5. The maximum absolute atomic E-state index is 5.62. The molecule has 72 heavy (non-hydrogen) atoms. The largest absolute Gasteiger partial charge is 0.276 e. The molecule has 0 atom stereocenters. The third-order valence-corrected chi connectivity index (χ3v) is 24.0. The number of hydrogen-bond donors (Lipinski definition) is 0. The summed E-state index contributed by atoms with van der Waals surface area (Å²) in [5.41, 5.74) is 7.63. The molecule has 5 nitrogen and oxygen atoms in total. The summed E-state index contributed by atoms with van der Waals surface area (Å²) < 4.78 is 4.38. The molecule has 0 aliphatic rings. The Morgan fingerprint density at radius 3 is 1.00 bits per heavy atom. The minimum absolute atomic E-state index is 0.551. The van der Waals surface area contributed by atoms with Crippen LogP contribution >= 0.6 is 0 Å². The summed E-state index contributed by atoms with van der Waals surface area (Å²) in [6, 6.07) is 104. The number of fused-ring (bicyclic) bond motifs is 5. The fourth-order valence-electron chi connectivity index (χ4n) is 11.3. The van der Waals surface area contributed by atoms with E-state index in [2.05, 4.69) is 288 Å². The van der Waals surface area contributed by atoms with Gasteiger partial charge in [0, 0.05) is 11.1 Å². The van der Waals surface area contributed by atoms with Gasteiger partial charge >= 0.3 is 0 Å². The molecule has 0 unspecified atom stereocenters. The van der Waals surface area contributed by atoms with Crippen molar-refractivity contribution >= 4 is 85.5 Å². The Morgan fingerprint density at radius 1 is 0.264 bits per heavy atom. The Hall–Kier alpha value is -9.02. The summed E-state index contributed by atoms with van der Waals surface area (Å²) in [4.78, 5) is 16.5. The molecule has 0 amide bonds. The van der Waals surface area contributed by atoms with Gasteiger partial charge in [-0.3, -0.25) is 4.40 Å². The van der Waals surface area contributed by atoms with Gasteiger partial charge in [0.1, 0.15) is 0 Å². The van der Waals surface area contributed by atoms with Gasteiger partial charge in [0.25, 0.3) is 0 Å². The smallest absolute Gasteiger partial charge is 0.238 e. The zero-order valence-corrected chi connectivity index (χ0v) is 41.4. The predicted molar refractivity (Wildman–Crippen MR) is 303 cm³/mol. The lowest BCUT2D eigenvalue weighted by Gasteiger charge is -2.34. The van der Waals surface area contributed by atoms with E-state index in [1.54, 1.807) is 0 Å². The minimum atomic E-state index is -2.88. The highest BCUT2D eigenvalue weighted by atomic mass is 28.3. The standard InChI is InChI=1S/C65H47N5Si2/c1-7-27-50(28-8-1)71(51-29-9-2-10-30-51,52-31-11-3-12-32-52)56-39-23-25-48(45-56)59-47-60(67-64(66-59)70-63-44-22-21-43-62(63)69-61-42-20-19-41-58(61)68-65(69)70)49-26-24-40-57(46-49)72(53-33-13-4-14-34-53,54-35-15-5-16-36-54)55-37-17-6-18-38-55/h1-47H. The molecule has 13 rings (SSSR count). The van der Waals surface area contributed by atoms with Crippen LogP contribution in [0.15, 0.2) is 285 Å². The fraction of sp³-hybridized carbons (Fsp3) is 0. The molecule has 0 aliphatic carbocycles. The number of hydrogen-bond acceptors (Lipinski definition) is 3. The second-order valence-electron chi connectivity index (χ2n) is 18.4. The average Bonchev–Trinajstić information content (AvgIpc) is 4.00. The zero-order chi connectivity index (χ0) is 47.9. The molecule has 0 N–H and O–H groups in total. The van der Waals surface area contributed by atoms with Crippen LogP contribution in [0, 0.1) is 0 Å². The lowest BCUT2D eigenvalue weighted by atomic mass is 10.1. The first kappa shape index (κ1) is 43.0. The van der Waals surface area contributed by atoms with Crippen molar-refractivity contribution < 1.29 is 0 Å². The van der Waals surface area contributed by atoms with Crippen LogP contribution in [-0.2, 0) is 0 Å². The minimum Gasteiger partial charge on any atom is -0.276 e. The second kappa shape index (κ2) is 18.1. The summed E-state index contributed by atoms with van der Waals surface area (Å²) in [6.45, 7) is 0. The van der Waals surface area contributed by atoms with Crippen molar-refractivity contribution in [3.05, 3.63) is 285 Å². The van der Waals surface area contributed by atoms with E-state index < -0.39 is 16.1 Å². The Bertz CT molecular complexity index is 3650. The van der Waals surface area contributed by atoms with E-state index >= 15 is 0 Å². The van der Waals surface area contributed by atoms with Gasteiger partial charge in [0.05, 0.1) is 33.5 Å². The van der Waals surface area contributed by atoms with Crippen molar-refractivity contribution in [1.82, 2.24) is 23.9 Å². The van der Waals surface area contributed by atoms with Crippen LogP contribution in [-0.4, -0.2) is 40.1 Å². The highest BCUT2D eigenvalue weighted by Crippen LogP contribution is 2.31. The van der Waals surface area contributed by atoms with Crippen LogP contribution in [0.1, 0.15) is 0 Å². The molecule has 0 radical (unpaired) electrons. The lowest BCUT2D eigenvalue weighted by molar-refractivity contribution is 0.972. The van der Waals surface area contributed by atoms with Crippen LogP contribution in [0.2, 0.25) is 0 Å². The van der Waals surface area contributed by atoms with Crippen LogP contribution in [0.4, 0.5) is 0 Å². The monoisotopic (exact) mass is 953 g/mol. The number of aromatic nitrogens is 5. The summed E-state index contributed by atoms with van der Waals surface area (Å²) in [6.07, 6.45) is 0. The number of imidazole rings is 2. The molecule has 0 aliphatic heterocycles. The normalized spacial score (nSPS) is 11.9. The van der Waals surface area contributed by atoms with Gasteiger partial charge in [-0.05, 0) is 71.8 Å². The van der Waals surface area contributed by atoms with E-state index in [9.17, 15) is 0 Å². The Kier molecular flexibility index (Phi) is 10.8. The van der Waals surface area contributed by atoms with Crippen molar-refractivity contribution in [2.45, 2.75) is 0 Å². The van der Waals surface area contributed by atoms with Gasteiger partial charge in [-0.2, -0.15) is 0 Å². The van der Waals surface area contributed by atoms with E-state index in [0.717, 1.165) is 50.4 Å². The lowest BCUT2D eigenvalue weighted by Crippen LogP contribution is -2.74. The topological polar surface area (TPSA) is 48.0 Å². The molecule has 0 bridgehead atoms. The molecule has 0 saturated carbocycles. The van der Waals surface area contributed by atoms with Gasteiger partial charge in [-0.1, -0.05) is 255 Å². The van der Waals surface area contributed by atoms with Crippen molar-refractivity contribution in [3.63, 3.8) is 0 Å². The molecule has 340 valence electrons. The molecular weight excluding hydrogens is 907 g/mol. The van der Waals surface area contributed by atoms with E-state index in [1.165, 1.54) is 41.5 Å². The highest BCUT2D eigenvalue weighted by molar-refractivity contribution is 7.20. The molecule has 13 aromatic rings. The van der Waals surface area contributed by atoms with Crippen LogP contribution in [0.5, 0.6) is 0 Å². The van der Waals surface area contributed by atoms with Crippen LogP contribution in [0.25, 0.3) is 56.3 Å². The first-order valence-corrected chi connectivity index (χ1v) is 28.5. The zero-order valence-electron chi connectivity index (χ0n) is 39.4. The first-order chi connectivity index (χ1) is 35.7. The number of para-hydroxylation sites is 4. The first-order valence-electron chi connectivity index (χ1n) is 24.5. The maximum atomic E-state index is 5.62. The van der Waals surface area contributed by atoms with Crippen molar-refractivity contribution in [2.75, 3.05) is 0 Å². The van der Waals surface area contributed by atoms with Gasteiger partial charge in [-0.15, -0.1) is 0 Å².